The second-order valence-electron chi connectivity index (χ2n) is 5.27. The molecule has 0 saturated carbocycles. The number of carbonyl (C=O) groups excluding carboxylic acids is 2. The summed E-state index contributed by atoms with van der Waals surface area (Å²) in [4.78, 5) is 27.0. The van der Waals surface area contributed by atoms with Crippen LogP contribution in [-0.2, 0) is 9.59 Å². The van der Waals surface area contributed by atoms with Gasteiger partial charge in [-0.3, -0.25) is 9.59 Å². The molecule has 24 heavy (non-hydrogen) atoms. The van der Waals surface area contributed by atoms with Crippen LogP contribution in [0, 0.1) is 0 Å². The average Bonchev–Trinajstić information content (AvgIpc) is 2.81. The van der Waals surface area contributed by atoms with Crippen LogP contribution < -0.4 is 15.4 Å². The van der Waals surface area contributed by atoms with Crippen molar-refractivity contribution in [1.29, 1.82) is 0 Å². The first-order chi connectivity index (χ1) is 11.5. The number of nitrogens with zero attached hydrogens (tertiary/aromatic N) is 1. The third kappa shape index (κ3) is 3.20. The lowest BCUT2D eigenvalue weighted by molar-refractivity contribution is -0.121. The lowest BCUT2D eigenvalue weighted by Gasteiger charge is -2.16. The highest BCUT2D eigenvalue weighted by Crippen LogP contribution is 2.36. The van der Waals surface area contributed by atoms with Crippen molar-refractivity contribution in [1.82, 2.24) is 0 Å². The van der Waals surface area contributed by atoms with E-state index in [4.69, 9.17) is 22.1 Å². The molecule has 3 rings (SSSR count). The van der Waals surface area contributed by atoms with Gasteiger partial charge in [-0.05, 0) is 36.4 Å². The predicted octanol–water partition coefficient (Wildman–Crippen LogP) is 3.36. The highest BCUT2D eigenvalue weighted by Gasteiger charge is 2.40. The lowest BCUT2D eigenvalue weighted by Crippen LogP contribution is -2.31. The van der Waals surface area contributed by atoms with E-state index in [2.05, 4.69) is 0 Å². The molecule has 2 N–H and O–H groups in total. The van der Waals surface area contributed by atoms with Crippen LogP contribution in [0.4, 0.5) is 11.4 Å². The Labute approximate surface area is 148 Å². The maximum atomic E-state index is 12.7. The van der Waals surface area contributed by atoms with Gasteiger partial charge in [-0.1, -0.05) is 17.7 Å². The number of amides is 2. The van der Waals surface area contributed by atoms with Crippen molar-refractivity contribution in [3.63, 3.8) is 0 Å². The molecule has 2 aromatic rings. The fourth-order valence-corrected chi connectivity index (χ4v) is 3.89. The van der Waals surface area contributed by atoms with Gasteiger partial charge in [0.1, 0.15) is 5.75 Å². The van der Waals surface area contributed by atoms with Crippen LogP contribution in [0.1, 0.15) is 6.42 Å². The van der Waals surface area contributed by atoms with Crippen LogP contribution in [-0.4, -0.2) is 24.2 Å². The summed E-state index contributed by atoms with van der Waals surface area (Å²) in [5.41, 5.74) is 6.83. The number of carbonyl (C=O) groups is 2. The maximum absolute atomic E-state index is 12.7. The summed E-state index contributed by atoms with van der Waals surface area (Å²) in [6.07, 6.45) is 0.141. The molecule has 0 aliphatic carbocycles. The van der Waals surface area contributed by atoms with Crippen molar-refractivity contribution < 1.29 is 14.3 Å². The third-order valence-corrected chi connectivity index (χ3v) is 5.11. The molecule has 1 saturated heterocycles. The molecule has 1 atom stereocenters. The zero-order valence-corrected chi connectivity index (χ0v) is 14.4. The molecular weight excluding hydrogens is 348 g/mol. The molecule has 1 aliphatic heterocycles. The molecule has 1 aliphatic rings. The number of rotatable bonds is 4. The number of ether oxygens (including phenoxy) is 1. The fraction of sp³-hybridized carbons (Fsp3) is 0.176. The van der Waals surface area contributed by atoms with Crippen molar-refractivity contribution >= 4 is 46.6 Å². The normalized spacial score (nSPS) is 17.4. The number of methoxy groups -OCH3 is 1. The summed E-state index contributed by atoms with van der Waals surface area (Å²) in [5.74, 6) is -0.0125. The van der Waals surface area contributed by atoms with E-state index in [1.54, 1.807) is 30.3 Å². The summed E-state index contributed by atoms with van der Waals surface area (Å²) >= 11 is 7.43. The van der Waals surface area contributed by atoms with Crippen LogP contribution in [0.5, 0.6) is 5.75 Å². The number of hydrogen-bond donors (Lipinski definition) is 1. The van der Waals surface area contributed by atoms with Gasteiger partial charge < -0.3 is 10.5 Å². The molecule has 7 heteroatoms. The van der Waals surface area contributed by atoms with E-state index in [-0.39, 0.29) is 18.2 Å². The Balaban J connectivity index is 1.82. The van der Waals surface area contributed by atoms with E-state index in [9.17, 15) is 9.59 Å². The number of anilines is 2. The van der Waals surface area contributed by atoms with Gasteiger partial charge in [-0.15, -0.1) is 11.8 Å². The molecule has 0 spiro atoms. The predicted molar refractivity (Wildman–Crippen MR) is 95.6 cm³/mol. The molecule has 0 radical (unpaired) electrons. The molecule has 124 valence electrons. The van der Waals surface area contributed by atoms with Gasteiger partial charge >= 0.3 is 0 Å². The highest BCUT2D eigenvalue weighted by atomic mass is 35.5. The smallest absolute Gasteiger partial charge is 0.247 e. The minimum Gasteiger partial charge on any atom is -0.495 e. The number of thioether (sulfide) groups is 1. The van der Waals surface area contributed by atoms with Gasteiger partial charge in [0.2, 0.25) is 11.8 Å². The zero-order valence-electron chi connectivity index (χ0n) is 12.9. The quantitative estimate of drug-likeness (QED) is 0.667. The summed E-state index contributed by atoms with van der Waals surface area (Å²) in [6, 6.07) is 12.1. The minimum absolute atomic E-state index is 0.141. The van der Waals surface area contributed by atoms with Gasteiger partial charge in [-0.25, -0.2) is 4.90 Å². The zero-order chi connectivity index (χ0) is 17.3. The van der Waals surface area contributed by atoms with Crippen molar-refractivity contribution in [3.8, 4) is 5.75 Å². The third-order valence-electron chi connectivity index (χ3n) is 3.64. The van der Waals surface area contributed by atoms with Crippen LogP contribution >= 0.6 is 23.4 Å². The average molecular weight is 363 g/mol. The number of halogens is 1. The van der Waals surface area contributed by atoms with E-state index in [0.717, 1.165) is 4.90 Å². The summed E-state index contributed by atoms with van der Waals surface area (Å²) in [7, 11) is 1.51. The molecule has 0 unspecified atom stereocenters. The molecule has 1 fully saturated rings. The van der Waals surface area contributed by atoms with Crippen molar-refractivity contribution in [2.45, 2.75) is 16.6 Å². The first-order valence-corrected chi connectivity index (χ1v) is 8.48. The van der Waals surface area contributed by atoms with Crippen LogP contribution in [0.3, 0.4) is 0 Å². The molecule has 2 amide bonds. The second-order valence-corrected chi connectivity index (χ2v) is 6.95. The largest absolute Gasteiger partial charge is 0.495 e. The molecular formula is C17H15ClN2O3S. The Kier molecular flexibility index (Phi) is 4.69. The van der Waals surface area contributed by atoms with E-state index < -0.39 is 5.25 Å². The van der Waals surface area contributed by atoms with Crippen molar-refractivity contribution in [2.75, 3.05) is 17.7 Å². The van der Waals surface area contributed by atoms with Gasteiger partial charge in [-0.2, -0.15) is 0 Å². The monoisotopic (exact) mass is 362 g/mol. The Morgan fingerprint density at radius 3 is 2.71 bits per heavy atom. The summed E-state index contributed by atoms with van der Waals surface area (Å²) in [5, 5.41) is -0.122. The standard InChI is InChI=1S/C17H15ClN2O3S/c1-23-14-6-5-11(8-13(14)18)20-16(21)9-15(17(20)22)24-12-4-2-3-10(19)7-12/h2-8,15H,9,19H2,1H3/t15-/m1/s1. The molecule has 0 aromatic heterocycles. The summed E-state index contributed by atoms with van der Waals surface area (Å²) in [6.45, 7) is 0. The Morgan fingerprint density at radius 1 is 1.25 bits per heavy atom. The lowest BCUT2D eigenvalue weighted by atomic mass is 10.3. The topological polar surface area (TPSA) is 72.6 Å². The van der Waals surface area contributed by atoms with Gasteiger partial charge in [0.15, 0.2) is 0 Å². The second kappa shape index (κ2) is 6.75. The highest BCUT2D eigenvalue weighted by molar-refractivity contribution is 8.00. The SMILES string of the molecule is COc1ccc(N2C(=O)C[C@@H](Sc3cccc(N)c3)C2=O)cc1Cl. The molecule has 0 bridgehead atoms. The Bertz CT molecular complexity index is 812. The Morgan fingerprint density at radius 2 is 2.04 bits per heavy atom. The first kappa shape index (κ1) is 16.7. The number of benzene rings is 2. The number of hydrogen-bond acceptors (Lipinski definition) is 5. The number of nitrogen functional groups attached to an aromatic ring is 1. The van der Waals surface area contributed by atoms with Gasteiger partial charge in [0, 0.05) is 17.0 Å². The minimum atomic E-state index is -0.472. The van der Waals surface area contributed by atoms with Crippen LogP contribution in [0.15, 0.2) is 47.4 Å². The van der Waals surface area contributed by atoms with Crippen LogP contribution in [0.2, 0.25) is 5.02 Å². The first-order valence-electron chi connectivity index (χ1n) is 7.22. The Hall–Kier alpha value is -2.18. The summed E-state index contributed by atoms with van der Waals surface area (Å²) < 4.78 is 5.09. The van der Waals surface area contributed by atoms with E-state index in [0.29, 0.717) is 22.1 Å². The fourth-order valence-electron chi connectivity index (χ4n) is 2.51. The van der Waals surface area contributed by atoms with E-state index in [1.165, 1.54) is 23.8 Å². The van der Waals surface area contributed by atoms with E-state index in [1.807, 2.05) is 12.1 Å². The maximum Gasteiger partial charge on any atom is 0.247 e. The number of nitrogens with two attached hydrogens (primary N) is 1. The van der Waals surface area contributed by atoms with Crippen LogP contribution in [0.25, 0.3) is 0 Å². The van der Waals surface area contributed by atoms with Gasteiger partial charge in [0.05, 0.1) is 23.1 Å². The number of imide groups is 1. The van der Waals surface area contributed by atoms with Crippen molar-refractivity contribution in [3.05, 3.63) is 47.5 Å². The molecule has 5 nitrogen and oxygen atoms in total. The van der Waals surface area contributed by atoms with E-state index >= 15 is 0 Å². The van der Waals surface area contributed by atoms with Crippen molar-refractivity contribution in [2.24, 2.45) is 0 Å². The molecule has 2 aromatic carbocycles. The van der Waals surface area contributed by atoms with Gasteiger partial charge in [0.25, 0.3) is 0 Å². The molecule has 1 heterocycles.